The number of hydrogen-bond donors (Lipinski definition) is 2. The molecule has 8 heteroatoms. The highest BCUT2D eigenvalue weighted by Crippen LogP contribution is 2.34. The standard InChI is InChI=1S/C22H15BrN4O3/c23-16-8-6-14(7-9-16)13-24-26-22(28)21-20(15-4-2-1-3-5-15)18-12-17(27(29)30)10-11-19(18)25-21/h1-13,25H,(H,26,28)/b24-13+. The molecule has 7 nitrogen and oxygen atoms in total. The third kappa shape index (κ3) is 3.99. The number of fused-ring (bicyclic) bond motifs is 1. The van der Waals surface area contributed by atoms with Crippen molar-refractivity contribution in [3.8, 4) is 11.1 Å². The van der Waals surface area contributed by atoms with Crippen molar-refractivity contribution in [1.29, 1.82) is 0 Å². The average molecular weight is 463 g/mol. The summed E-state index contributed by atoms with van der Waals surface area (Å²) in [5.74, 6) is -0.443. The number of nitro groups is 1. The van der Waals surface area contributed by atoms with Crippen molar-refractivity contribution in [3.63, 3.8) is 0 Å². The molecular weight excluding hydrogens is 448 g/mol. The van der Waals surface area contributed by atoms with Crippen LogP contribution in [0.4, 0.5) is 5.69 Å². The van der Waals surface area contributed by atoms with E-state index in [0.29, 0.717) is 16.5 Å². The van der Waals surface area contributed by atoms with Crippen LogP contribution in [0.15, 0.2) is 82.4 Å². The van der Waals surface area contributed by atoms with Gasteiger partial charge >= 0.3 is 0 Å². The molecule has 4 aromatic rings. The molecule has 0 unspecified atom stereocenters. The summed E-state index contributed by atoms with van der Waals surface area (Å²) in [7, 11) is 0. The lowest BCUT2D eigenvalue weighted by molar-refractivity contribution is -0.384. The Morgan fingerprint density at radius 3 is 2.50 bits per heavy atom. The Morgan fingerprint density at radius 2 is 1.80 bits per heavy atom. The highest BCUT2D eigenvalue weighted by Gasteiger charge is 2.21. The molecule has 0 radical (unpaired) electrons. The fourth-order valence-electron chi connectivity index (χ4n) is 3.14. The highest BCUT2D eigenvalue weighted by atomic mass is 79.9. The molecule has 1 amide bonds. The summed E-state index contributed by atoms with van der Waals surface area (Å²) in [4.78, 5) is 26.7. The van der Waals surface area contributed by atoms with Crippen LogP contribution in [0.25, 0.3) is 22.0 Å². The summed E-state index contributed by atoms with van der Waals surface area (Å²) >= 11 is 3.37. The fourth-order valence-corrected chi connectivity index (χ4v) is 3.40. The molecule has 30 heavy (non-hydrogen) atoms. The molecule has 0 aliphatic carbocycles. The molecule has 0 atom stereocenters. The lowest BCUT2D eigenvalue weighted by atomic mass is 10.0. The fraction of sp³-hybridized carbons (Fsp3) is 0. The van der Waals surface area contributed by atoms with E-state index in [1.165, 1.54) is 12.1 Å². The van der Waals surface area contributed by atoms with Crippen molar-refractivity contribution in [1.82, 2.24) is 10.4 Å². The highest BCUT2D eigenvalue weighted by molar-refractivity contribution is 9.10. The quantitative estimate of drug-likeness (QED) is 0.240. The van der Waals surface area contributed by atoms with Gasteiger partial charge in [0.05, 0.1) is 11.1 Å². The molecule has 2 N–H and O–H groups in total. The molecule has 148 valence electrons. The van der Waals surface area contributed by atoms with Crippen molar-refractivity contribution in [2.45, 2.75) is 0 Å². The van der Waals surface area contributed by atoms with Gasteiger partial charge in [0.1, 0.15) is 5.69 Å². The molecule has 1 aromatic heterocycles. The van der Waals surface area contributed by atoms with Crippen molar-refractivity contribution < 1.29 is 9.72 Å². The van der Waals surface area contributed by atoms with E-state index in [1.54, 1.807) is 12.3 Å². The first kappa shape index (κ1) is 19.5. The summed E-state index contributed by atoms with van der Waals surface area (Å²) in [5.41, 5.74) is 5.58. The number of benzene rings is 3. The van der Waals surface area contributed by atoms with Crippen LogP contribution in [0.3, 0.4) is 0 Å². The van der Waals surface area contributed by atoms with E-state index in [4.69, 9.17) is 0 Å². The molecule has 0 bridgehead atoms. The zero-order chi connectivity index (χ0) is 21.1. The molecular formula is C22H15BrN4O3. The number of hydrazone groups is 1. The number of H-pyrrole nitrogens is 1. The number of rotatable bonds is 5. The summed E-state index contributed by atoms with van der Waals surface area (Å²) < 4.78 is 0.948. The third-order valence-electron chi connectivity index (χ3n) is 4.53. The van der Waals surface area contributed by atoms with Crippen LogP contribution in [0.5, 0.6) is 0 Å². The smallest absolute Gasteiger partial charge is 0.288 e. The lowest BCUT2D eigenvalue weighted by Gasteiger charge is -2.04. The van der Waals surface area contributed by atoms with Crippen LogP contribution >= 0.6 is 15.9 Å². The van der Waals surface area contributed by atoms with E-state index in [1.807, 2.05) is 54.6 Å². The summed E-state index contributed by atoms with van der Waals surface area (Å²) in [6.45, 7) is 0. The molecule has 0 fully saturated rings. The van der Waals surface area contributed by atoms with Gasteiger partial charge in [-0.2, -0.15) is 5.10 Å². The van der Waals surface area contributed by atoms with E-state index in [2.05, 4.69) is 31.4 Å². The predicted octanol–water partition coefficient (Wildman–Crippen LogP) is 5.27. The number of aromatic nitrogens is 1. The first-order chi connectivity index (χ1) is 14.5. The minimum atomic E-state index is -0.455. The number of carbonyl (C=O) groups is 1. The first-order valence-corrected chi connectivity index (χ1v) is 9.77. The third-order valence-corrected chi connectivity index (χ3v) is 5.06. The second-order valence-electron chi connectivity index (χ2n) is 6.48. The number of amides is 1. The number of nitrogens with zero attached hydrogens (tertiary/aromatic N) is 2. The Morgan fingerprint density at radius 1 is 1.07 bits per heavy atom. The minimum absolute atomic E-state index is 0.0427. The molecule has 4 rings (SSSR count). The second-order valence-corrected chi connectivity index (χ2v) is 7.39. The number of carbonyl (C=O) groups excluding carboxylic acids is 1. The van der Waals surface area contributed by atoms with Crippen molar-refractivity contribution >= 4 is 44.6 Å². The molecule has 0 saturated carbocycles. The van der Waals surface area contributed by atoms with Crippen LogP contribution in [0, 0.1) is 10.1 Å². The first-order valence-electron chi connectivity index (χ1n) is 8.97. The number of nitro benzene ring substituents is 1. The van der Waals surface area contributed by atoms with Gasteiger partial charge in [0.15, 0.2) is 0 Å². The molecule has 0 saturated heterocycles. The van der Waals surface area contributed by atoms with Crippen LogP contribution in [-0.2, 0) is 0 Å². The van der Waals surface area contributed by atoms with Gasteiger partial charge in [-0.1, -0.05) is 58.4 Å². The maximum absolute atomic E-state index is 12.9. The van der Waals surface area contributed by atoms with E-state index in [0.717, 1.165) is 15.6 Å². The number of aromatic amines is 1. The molecule has 1 heterocycles. The number of nitrogens with one attached hydrogen (secondary N) is 2. The van der Waals surface area contributed by atoms with E-state index >= 15 is 0 Å². The van der Waals surface area contributed by atoms with Crippen molar-refractivity contribution in [3.05, 3.63) is 98.6 Å². The average Bonchev–Trinajstić information content (AvgIpc) is 3.14. The van der Waals surface area contributed by atoms with Crippen molar-refractivity contribution in [2.24, 2.45) is 5.10 Å². The zero-order valence-corrected chi connectivity index (χ0v) is 17.1. The number of hydrogen-bond acceptors (Lipinski definition) is 4. The molecule has 0 spiro atoms. The predicted molar refractivity (Wildman–Crippen MR) is 120 cm³/mol. The van der Waals surface area contributed by atoms with Gasteiger partial charge in [0.2, 0.25) is 0 Å². The topological polar surface area (TPSA) is 100 Å². The van der Waals surface area contributed by atoms with E-state index in [-0.39, 0.29) is 11.4 Å². The summed E-state index contributed by atoms with van der Waals surface area (Å²) in [5, 5.41) is 15.8. The Labute approximate surface area is 179 Å². The van der Waals surface area contributed by atoms with Gasteiger partial charge in [-0.25, -0.2) is 5.43 Å². The zero-order valence-electron chi connectivity index (χ0n) is 15.5. The van der Waals surface area contributed by atoms with E-state index < -0.39 is 10.8 Å². The molecule has 0 aliphatic heterocycles. The maximum Gasteiger partial charge on any atom is 0.288 e. The van der Waals surface area contributed by atoms with Gasteiger partial charge in [-0.05, 0) is 29.3 Å². The number of non-ortho nitro benzene ring substituents is 1. The Bertz CT molecular complexity index is 1270. The van der Waals surface area contributed by atoms with Crippen LogP contribution in [-0.4, -0.2) is 22.0 Å². The maximum atomic E-state index is 12.9. The Balaban J connectivity index is 1.73. The Hall–Kier alpha value is -3.78. The van der Waals surface area contributed by atoms with Gasteiger partial charge in [-0.3, -0.25) is 14.9 Å². The monoisotopic (exact) mass is 462 g/mol. The largest absolute Gasteiger partial charge is 0.350 e. The van der Waals surface area contributed by atoms with Crippen LogP contribution < -0.4 is 5.43 Å². The summed E-state index contributed by atoms with van der Waals surface area (Å²) in [6, 6.07) is 21.2. The minimum Gasteiger partial charge on any atom is -0.350 e. The Kier molecular flexibility index (Phi) is 5.40. The van der Waals surface area contributed by atoms with Gasteiger partial charge in [0, 0.05) is 33.1 Å². The lowest BCUT2D eigenvalue weighted by Crippen LogP contribution is -2.18. The van der Waals surface area contributed by atoms with Gasteiger partial charge < -0.3 is 4.98 Å². The van der Waals surface area contributed by atoms with Crippen LogP contribution in [0.1, 0.15) is 16.1 Å². The molecule has 0 aliphatic rings. The summed E-state index contributed by atoms with van der Waals surface area (Å²) in [6.07, 6.45) is 1.54. The van der Waals surface area contributed by atoms with Crippen LogP contribution in [0.2, 0.25) is 0 Å². The van der Waals surface area contributed by atoms with Gasteiger partial charge in [-0.15, -0.1) is 0 Å². The van der Waals surface area contributed by atoms with Crippen molar-refractivity contribution in [2.75, 3.05) is 0 Å². The van der Waals surface area contributed by atoms with E-state index in [9.17, 15) is 14.9 Å². The number of halogens is 1. The normalized spacial score (nSPS) is 11.1. The SMILES string of the molecule is O=C(N/N=C/c1ccc(Br)cc1)c1[nH]c2ccc([N+](=O)[O-])cc2c1-c1ccccc1. The molecule has 3 aromatic carbocycles. The van der Waals surface area contributed by atoms with Gasteiger partial charge in [0.25, 0.3) is 11.6 Å². The second kappa shape index (κ2) is 8.30.